The van der Waals surface area contributed by atoms with Gasteiger partial charge in [0.05, 0.1) is 0 Å². The van der Waals surface area contributed by atoms with Crippen LogP contribution in [-0.2, 0) is 6.54 Å². The summed E-state index contributed by atoms with van der Waals surface area (Å²) >= 11 is 0. The molecule has 1 aliphatic rings. The molecule has 0 unspecified atom stereocenters. The predicted octanol–water partition coefficient (Wildman–Crippen LogP) is 2.73. The molecule has 6 heteroatoms. The largest absolute Gasteiger partial charge is 0.346 e. The van der Waals surface area contributed by atoms with Crippen LogP contribution in [0.1, 0.15) is 5.56 Å². The summed E-state index contributed by atoms with van der Waals surface area (Å²) in [6.07, 6.45) is 1.50. The van der Waals surface area contributed by atoms with Crippen LogP contribution in [0.25, 0.3) is 11.4 Å². The fraction of sp³-hybridized carbons (Fsp3) is 0.250. The summed E-state index contributed by atoms with van der Waals surface area (Å²) in [6, 6.07) is 20.0. The molecule has 0 N–H and O–H groups in total. The number of nitrogens with zero attached hydrogens (tertiary/aromatic N) is 5. The summed E-state index contributed by atoms with van der Waals surface area (Å²) in [5.74, 6) is 0.571. The number of benzene rings is 2. The van der Waals surface area contributed by atoms with Crippen LogP contribution in [0.15, 0.2) is 67.0 Å². The summed E-state index contributed by atoms with van der Waals surface area (Å²) in [4.78, 5) is 21.2. The fourth-order valence-corrected chi connectivity index (χ4v) is 3.16. The number of rotatable bonds is 3. The molecule has 2 aromatic carbocycles. The van der Waals surface area contributed by atoms with Crippen LogP contribution < -0.4 is 0 Å². The number of amides is 1. The summed E-state index contributed by atoms with van der Waals surface area (Å²) in [6.45, 7) is 4.05. The van der Waals surface area contributed by atoms with Gasteiger partial charge in [-0.3, -0.25) is 4.90 Å². The summed E-state index contributed by atoms with van der Waals surface area (Å²) < 4.78 is 1.34. The molecule has 1 aliphatic heterocycles. The van der Waals surface area contributed by atoms with Crippen molar-refractivity contribution in [3.63, 3.8) is 0 Å². The van der Waals surface area contributed by atoms with E-state index in [0.29, 0.717) is 18.9 Å². The minimum absolute atomic E-state index is 0.112. The molecule has 4 rings (SSSR count). The van der Waals surface area contributed by atoms with Gasteiger partial charge in [-0.2, -0.15) is 4.68 Å². The topological polar surface area (TPSA) is 54.3 Å². The second-order valence-electron chi connectivity index (χ2n) is 6.41. The first-order chi connectivity index (χ1) is 12.8. The van der Waals surface area contributed by atoms with E-state index in [4.69, 9.17) is 0 Å². The van der Waals surface area contributed by atoms with Crippen molar-refractivity contribution in [3.05, 3.63) is 72.6 Å². The number of piperazine rings is 1. The van der Waals surface area contributed by atoms with E-state index in [0.717, 1.165) is 25.2 Å². The zero-order valence-electron chi connectivity index (χ0n) is 14.5. The Bertz CT molecular complexity index is 854. The highest BCUT2D eigenvalue weighted by Crippen LogP contribution is 2.14. The third kappa shape index (κ3) is 3.65. The highest BCUT2D eigenvalue weighted by Gasteiger charge is 2.23. The normalized spacial score (nSPS) is 15.2. The van der Waals surface area contributed by atoms with E-state index >= 15 is 0 Å². The Balaban J connectivity index is 1.36. The van der Waals surface area contributed by atoms with Crippen molar-refractivity contribution < 1.29 is 4.79 Å². The molecule has 26 heavy (non-hydrogen) atoms. The molecule has 3 aromatic rings. The van der Waals surface area contributed by atoms with Gasteiger partial charge in [-0.25, -0.2) is 9.78 Å². The Kier molecular flexibility index (Phi) is 4.75. The van der Waals surface area contributed by atoms with Crippen molar-refractivity contribution in [2.24, 2.45) is 0 Å². The quantitative estimate of drug-likeness (QED) is 0.731. The smallest absolute Gasteiger partial charge is 0.320 e. The molecule has 0 radical (unpaired) electrons. The van der Waals surface area contributed by atoms with Crippen molar-refractivity contribution in [2.75, 3.05) is 26.2 Å². The standard InChI is InChI=1S/C20H21N5O/c26-20(25-16-21-19(22-25)18-9-5-2-6-10-18)24-13-11-23(12-14-24)15-17-7-3-1-4-8-17/h1-10,16H,11-15H2. The zero-order valence-corrected chi connectivity index (χ0v) is 14.5. The van der Waals surface area contributed by atoms with Gasteiger partial charge in [0.1, 0.15) is 6.33 Å². The second kappa shape index (κ2) is 7.49. The lowest BCUT2D eigenvalue weighted by Gasteiger charge is -2.34. The molecule has 0 bridgehead atoms. The Hall–Kier alpha value is -2.99. The molecule has 1 amide bonds. The molecule has 1 fully saturated rings. The second-order valence-corrected chi connectivity index (χ2v) is 6.41. The monoisotopic (exact) mass is 347 g/mol. The van der Waals surface area contributed by atoms with Crippen LogP contribution in [0.5, 0.6) is 0 Å². The maximum Gasteiger partial charge on any atom is 0.346 e. The molecule has 0 spiro atoms. The third-order valence-electron chi connectivity index (χ3n) is 4.61. The van der Waals surface area contributed by atoms with Crippen LogP contribution in [0.4, 0.5) is 4.79 Å². The van der Waals surface area contributed by atoms with E-state index in [-0.39, 0.29) is 6.03 Å². The van der Waals surface area contributed by atoms with E-state index in [9.17, 15) is 4.79 Å². The molecule has 2 heterocycles. The van der Waals surface area contributed by atoms with E-state index < -0.39 is 0 Å². The van der Waals surface area contributed by atoms with Gasteiger partial charge >= 0.3 is 6.03 Å². The lowest BCUT2D eigenvalue weighted by Crippen LogP contribution is -2.49. The number of hydrogen-bond acceptors (Lipinski definition) is 4. The predicted molar refractivity (Wildman–Crippen MR) is 99.5 cm³/mol. The number of aromatic nitrogens is 3. The Morgan fingerprint density at radius 2 is 1.54 bits per heavy atom. The minimum atomic E-state index is -0.112. The van der Waals surface area contributed by atoms with Gasteiger partial charge < -0.3 is 4.90 Å². The van der Waals surface area contributed by atoms with Gasteiger partial charge in [0.2, 0.25) is 0 Å². The lowest BCUT2D eigenvalue weighted by atomic mass is 10.2. The van der Waals surface area contributed by atoms with E-state index in [1.165, 1.54) is 16.6 Å². The third-order valence-corrected chi connectivity index (χ3v) is 4.61. The number of carbonyl (C=O) groups excluding carboxylic acids is 1. The van der Waals surface area contributed by atoms with Crippen LogP contribution in [0.3, 0.4) is 0 Å². The van der Waals surface area contributed by atoms with E-state index in [1.54, 1.807) is 0 Å². The molecule has 132 valence electrons. The first-order valence-electron chi connectivity index (χ1n) is 8.82. The highest BCUT2D eigenvalue weighted by molar-refractivity contribution is 5.76. The van der Waals surface area contributed by atoms with Crippen molar-refractivity contribution in [1.29, 1.82) is 0 Å². The Morgan fingerprint density at radius 3 is 2.23 bits per heavy atom. The van der Waals surface area contributed by atoms with Crippen molar-refractivity contribution in [3.8, 4) is 11.4 Å². The van der Waals surface area contributed by atoms with Crippen molar-refractivity contribution in [2.45, 2.75) is 6.54 Å². The van der Waals surface area contributed by atoms with Crippen molar-refractivity contribution in [1.82, 2.24) is 24.6 Å². The number of hydrogen-bond donors (Lipinski definition) is 0. The fourth-order valence-electron chi connectivity index (χ4n) is 3.16. The molecule has 0 saturated carbocycles. The molecule has 6 nitrogen and oxygen atoms in total. The van der Waals surface area contributed by atoms with Gasteiger partial charge in [0, 0.05) is 38.3 Å². The van der Waals surface area contributed by atoms with Crippen LogP contribution in [-0.4, -0.2) is 56.8 Å². The van der Waals surface area contributed by atoms with E-state index in [1.807, 2.05) is 41.3 Å². The molecular weight excluding hydrogens is 326 g/mol. The minimum Gasteiger partial charge on any atom is -0.320 e. The maximum absolute atomic E-state index is 12.7. The molecular formula is C20H21N5O. The van der Waals surface area contributed by atoms with Gasteiger partial charge in [-0.15, -0.1) is 5.10 Å². The summed E-state index contributed by atoms with van der Waals surface area (Å²) in [5, 5.41) is 4.34. The van der Waals surface area contributed by atoms with Crippen LogP contribution in [0, 0.1) is 0 Å². The van der Waals surface area contributed by atoms with Gasteiger partial charge in [-0.05, 0) is 5.56 Å². The number of carbonyl (C=O) groups is 1. The van der Waals surface area contributed by atoms with Gasteiger partial charge in [-0.1, -0.05) is 60.7 Å². The molecule has 1 aromatic heterocycles. The van der Waals surface area contributed by atoms with Crippen LogP contribution in [0.2, 0.25) is 0 Å². The molecule has 1 saturated heterocycles. The van der Waals surface area contributed by atoms with E-state index in [2.05, 4.69) is 39.2 Å². The zero-order chi connectivity index (χ0) is 17.8. The summed E-state index contributed by atoms with van der Waals surface area (Å²) in [7, 11) is 0. The Labute approximate surface area is 152 Å². The van der Waals surface area contributed by atoms with Crippen molar-refractivity contribution >= 4 is 6.03 Å². The highest BCUT2D eigenvalue weighted by atomic mass is 16.2. The first kappa shape index (κ1) is 16.5. The van der Waals surface area contributed by atoms with Crippen LogP contribution >= 0.6 is 0 Å². The maximum atomic E-state index is 12.7. The first-order valence-corrected chi connectivity index (χ1v) is 8.82. The Morgan fingerprint density at radius 1 is 0.885 bits per heavy atom. The van der Waals surface area contributed by atoms with Gasteiger partial charge in [0.15, 0.2) is 5.82 Å². The average molecular weight is 347 g/mol. The average Bonchev–Trinajstić information content (AvgIpc) is 3.20. The molecule has 0 aliphatic carbocycles. The van der Waals surface area contributed by atoms with Gasteiger partial charge in [0.25, 0.3) is 0 Å². The SMILES string of the molecule is O=C(N1CCN(Cc2ccccc2)CC1)n1cnc(-c2ccccc2)n1. The lowest BCUT2D eigenvalue weighted by molar-refractivity contribution is 0.134. The summed E-state index contributed by atoms with van der Waals surface area (Å²) in [5.41, 5.74) is 2.21. The molecule has 0 atom stereocenters.